The fourth-order valence-corrected chi connectivity index (χ4v) is 2.17. The van der Waals surface area contributed by atoms with Gasteiger partial charge in [0.15, 0.2) is 0 Å². The van der Waals surface area contributed by atoms with Gasteiger partial charge < -0.3 is 5.73 Å². The number of nitrogens with two attached hydrogens (primary N) is 1. The van der Waals surface area contributed by atoms with E-state index in [1.165, 1.54) is 0 Å². The molecule has 0 aliphatic heterocycles. The molecule has 0 aliphatic carbocycles. The Morgan fingerprint density at radius 2 is 1.88 bits per heavy atom. The number of pyridine rings is 1. The van der Waals surface area contributed by atoms with E-state index in [1.807, 2.05) is 30.5 Å². The molecule has 0 saturated carbocycles. The van der Waals surface area contributed by atoms with E-state index in [0.717, 1.165) is 21.8 Å². The summed E-state index contributed by atoms with van der Waals surface area (Å²) in [6.45, 7) is 0.540. The average molecular weight is 230 g/mol. The molecule has 2 rings (SSSR count). The molecule has 0 saturated heterocycles. The Morgan fingerprint density at radius 3 is 2.50 bits per heavy atom. The number of aromatic nitrogens is 1. The van der Waals surface area contributed by atoms with Crippen molar-refractivity contribution in [3.05, 3.63) is 48.0 Å². The van der Waals surface area contributed by atoms with Crippen LogP contribution in [0.3, 0.4) is 0 Å². The molecule has 2 aromatic rings. The van der Waals surface area contributed by atoms with Gasteiger partial charge in [0.25, 0.3) is 0 Å². The van der Waals surface area contributed by atoms with E-state index in [0.29, 0.717) is 6.54 Å². The van der Waals surface area contributed by atoms with Gasteiger partial charge in [-0.05, 0) is 17.9 Å². The summed E-state index contributed by atoms with van der Waals surface area (Å²) in [5, 5.41) is 1.02. The number of rotatable bonds is 3. The maximum Gasteiger partial charge on any atom is 0.101 e. The molecule has 3 heteroatoms. The lowest BCUT2D eigenvalue weighted by molar-refractivity contribution is 0.968. The van der Waals surface area contributed by atoms with Crippen LogP contribution in [0.25, 0.3) is 11.3 Å². The third-order valence-corrected chi connectivity index (χ3v) is 3.16. The molecule has 0 unspecified atom stereocenters. The second-order valence-corrected chi connectivity index (χ2v) is 4.23. The van der Waals surface area contributed by atoms with Gasteiger partial charge in [0.05, 0.1) is 5.69 Å². The fraction of sp³-hybridized carbons (Fsp3) is 0.154. The van der Waals surface area contributed by atoms with Crippen LogP contribution in [0.1, 0.15) is 5.56 Å². The topological polar surface area (TPSA) is 38.9 Å². The van der Waals surface area contributed by atoms with Crippen LogP contribution in [0.5, 0.6) is 0 Å². The number of nitrogens with zero attached hydrogens (tertiary/aromatic N) is 1. The molecule has 0 radical (unpaired) electrons. The van der Waals surface area contributed by atoms with Gasteiger partial charge in [0.2, 0.25) is 0 Å². The summed E-state index contributed by atoms with van der Waals surface area (Å²) in [5.74, 6) is 0. The van der Waals surface area contributed by atoms with Crippen molar-refractivity contribution in [3.8, 4) is 11.3 Å². The molecule has 0 bridgehead atoms. The molecular formula is C13H14N2S. The Hall–Kier alpha value is -1.32. The van der Waals surface area contributed by atoms with Gasteiger partial charge in [-0.25, -0.2) is 4.98 Å². The predicted molar refractivity (Wildman–Crippen MR) is 69.3 cm³/mol. The molecule has 82 valence electrons. The first-order valence-electron chi connectivity index (χ1n) is 5.14. The SMILES string of the molecule is CSc1nc(-c2ccccc2)ccc1CN. The Bertz CT molecular complexity index is 469. The third-order valence-electron chi connectivity index (χ3n) is 2.42. The zero-order valence-electron chi connectivity index (χ0n) is 9.18. The number of benzene rings is 1. The van der Waals surface area contributed by atoms with E-state index in [-0.39, 0.29) is 0 Å². The molecule has 2 N–H and O–H groups in total. The minimum absolute atomic E-state index is 0.540. The summed E-state index contributed by atoms with van der Waals surface area (Å²) < 4.78 is 0. The summed E-state index contributed by atoms with van der Waals surface area (Å²) in [6.07, 6.45) is 2.02. The largest absolute Gasteiger partial charge is 0.326 e. The average Bonchev–Trinajstić information content (AvgIpc) is 2.39. The van der Waals surface area contributed by atoms with Gasteiger partial charge in [-0.15, -0.1) is 11.8 Å². The van der Waals surface area contributed by atoms with Gasteiger partial charge in [0.1, 0.15) is 5.03 Å². The molecule has 0 amide bonds. The Labute approximate surface area is 99.9 Å². The summed E-state index contributed by atoms with van der Waals surface area (Å²) >= 11 is 1.64. The monoisotopic (exact) mass is 230 g/mol. The molecule has 1 heterocycles. The summed E-state index contributed by atoms with van der Waals surface area (Å²) in [5.41, 5.74) is 8.91. The van der Waals surface area contributed by atoms with E-state index in [4.69, 9.17) is 5.73 Å². The molecule has 0 fully saturated rings. The lowest BCUT2D eigenvalue weighted by Gasteiger charge is -2.07. The first-order valence-corrected chi connectivity index (χ1v) is 6.37. The first kappa shape index (κ1) is 11.2. The van der Waals surface area contributed by atoms with E-state index < -0.39 is 0 Å². The zero-order chi connectivity index (χ0) is 11.4. The van der Waals surface area contributed by atoms with E-state index in [1.54, 1.807) is 11.8 Å². The van der Waals surface area contributed by atoms with Crippen molar-refractivity contribution in [3.63, 3.8) is 0 Å². The van der Waals surface area contributed by atoms with Crippen molar-refractivity contribution in [2.45, 2.75) is 11.6 Å². The number of thioether (sulfide) groups is 1. The van der Waals surface area contributed by atoms with Gasteiger partial charge in [-0.3, -0.25) is 0 Å². The Balaban J connectivity index is 2.44. The van der Waals surface area contributed by atoms with Gasteiger partial charge >= 0.3 is 0 Å². The van der Waals surface area contributed by atoms with Gasteiger partial charge in [0, 0.05) is 12.1 Å². The highest BCUT2D eigenvalue weighted by Gasteiger charge is 2.04. The maximum absolute atomic E-state index is 5.66. The predicted octanol–water partition coefficient (Wildman–Crippen LogP) is 2.93. The first-order chi connectivity index (χ1) is 7.85. The second kappa shape index (κ2) is 5.14. The van der Waals surface area contributed by atoms with Crippen LogP contribution in [-0.4, -0.2) is 11.2 Å². The molecule has 0 spiro atoms. The molecular weight excluding hydrogens is 216 g/mol. The van der Waals surface area contributed by atoms with E-state index in [2.05, 4.69) is 23.2 Å². The highest BCUT2D eigenvalue weighted by Crippen LogP contribution is 2.23. The summed E-state index contributed by atoms with van der Waals surface area (Å²) in [7, 11) is 0. The third kappa shape index (κ3) is 2.26. The second-order valence-electron chi connectivity index (χ2n) is 3.44. The Kier molecular flexibility index (Phi) is 3.59. The molecule has 16 heavy (non-hydrogen) atoms. The van der Waals surface area contributed by atoms with Crippen LogP contribution in [-0.2, 0) is 6.54 Å². The Morgan fingerprint density at radius 1 is 1.12 bits per heavy atom. The summed E-state index contributed by atoms with van der Waals surface area (Å²) in [4.78, 5) is 4.62. The van der Waals surface area contributed by atoms with Crippen LogP contribution in [0, 0.1) is 0 Å². The highest BCUT2D eigenvalue weighted by atomic mass is 32.2. The van der Waals surface area contributed by atoms with Crippen LogP contribution in [0.4, 0.5) is 0 Å². The quantitative estimate of drug-likeness (QED) is 0.824. The molecule has 1 aromatic carbocycles. The highest BCUT2D eigenvalue weighted by molar-refractivity contribution is 7.98. The van der Waals surface area contributed by atoms with Crippen molar-refractivity contribution in [2.75, 3.05) is 6.26 Å². The molecule has 2 nitrogen and oxygen atoms in total. The number of hydrogen-bond donors (Lipinski definition) is 1. The van der Waals surface area contributed by atoms with Crippen molar-refractivity contribution >= 4 is 11.8 Å². The zero-order valence-corrected chi connectivity index (χ0v) is 10.00. The van der Waals surface area contributed by atoms with Crippen molar-refractivity contribution < 1.29 is 0 Å². The van der Waals surface area contributed by atoms with Gasteiger partial charge in [-0.1, -0.05) is 36.4 Å². The normalized spacial score (nSPS) is 10.4. The molecule has 0 atom stereocenters. The van der Waals surface area contributed by atoms with Crippen LogP contribution in [0.2, 0.25) is 0 Å². The molecule has 0 aliphatic rings. The van der Waals surface area contributed by atoms with Gasteiger partial charge in [-0.2, -0.15) is 0 Å². The lowest BCUT2D eigenvalue weighted by atomic mass is 10.1. The minimum Gasteiger partial charge on any atom is -0.326 e. The number of hydrogen-bond acceptors (Lipinski definition) is 3. The maximum atomic E-state index is 5.66. The standard InChI is InChI=1S/C13H14N2S/c1-16-13-11(9-14)7-8-12(15-13)10-5-3-2-4-6-10/h2-8H,9,14H2,1H3. The van der Waals surface area contributed by atoms with Crippen molar-refractivity contribution in [2.24, 2.45) is 5.73 Å². The van der Waals surface area contributed by atoms with E-state index in [9.17, 15) is 0 Å². The van der Waals surface area contributed by atoms with E-state index >= 15 is 0 Å². The van der Waals surface area contributed by atoms with Crippen LogP contribution >= 0.6 is 11.8 Å². The van der Waals surface area contributed by atoms with Crippen LogP contribution in [0.15, 0.2) is 47.5 Å². The fourth-order valence-electron chi connectivity index (χ4n) is 1.57. The van der Waals surface area contributed by atoms with Crippen molar-refractivity contribution in [1.82, 2.24) is 4.98 Å². The molecule has 1 aromatic heterocycles. The summed E-state index contributed by atoms with van der Waals surface area (Å²) in [6, 6.07) is 14.3. The van der Waals surface area contributed by atoms with Crippen LogP contribution < -0.4 is 5.73 Å². The lowest BCUT2D eigenvalue weighted by Crippen LogP contribution is -2.00. The smallest absolute Gasteiger partial charge is 0.101 e. The minimum atomic E-state index is 0.540. The van der Waals surface area contributed by atoms with Crippen molar-refractivity contribution in [1.29, 1.82) is 0 Å².